The summed E-state index contributed by atoms with van der Waals surface area (Å²) in [6.45, 7) is 0.528. The van der Waals surface area contributed by atoms with E-state index in [4.69, 9.17) is 9.47 Å². The fourth-order valence-electron chi connectivity index (χ4n) is 2.62. The number of nitrogens with one attached hydrogen (secondary N) is 2. The molecule has 2 heterocycles. The summed E-state index contributed by atoms with van der Waals surface area (Å²) in [6.07, 6.45) is 1.58. The highest BCUT2D eigenvalue weighted by Crippen LogP contribution is 2.35. The predicted molar refractivity (Wildman–Crippen MR) is 97.7 cm³/mol. The molecule has 0 fully saturated rings. The molecule has 136 valence electrons. The third-order valence-corrected chi connectivity index (χ3v) is 4.02. The molecule has 0 atom stereocenters. The lowest BCUT2D eigenvalue weighted by Gasteiger charge is -2.08. The smallest absolute Gasteiger partial charge is 0.270 e. The van der Waals surface area contributed by atoms with Crippen LogP contribution in [0.15, 0.2) is 60.8 Å². The van der Waals surface area contributed by atoms with E-state index in [2.05, 4.69) is 15.6 Å². The monoisotopic (exact) mass is 365 g/mol. The van der Waals surface area contributed by atoms with Crippen LogP contribution in [0.25, 0.3) is 0 Å². The first-order valence-corrected chi connectivity index (χ1v) is 8.33. The SMILES string of the molecule is O=C(NCc1ccc(F)cc1)c1ccc(Nc2ccc3c(c2)OCO3)cn1. The van der Waals surface area contributed by atoms with E-state index in [1.165, 1.54) is 12.1 Å². The van der Waals surface area contributed by atoms with Crippen molar-refractivity contribution in [1.29, 1.82) is 0 Å². The van der Waals surface area contributed by atoms with Gasteiger partial charge in [-0.2, -0.15) is 0 Å². The van der Waals surface area contributed by atoms with Crippen molar-refractivity contribution in [3.8, 4) is 11.5 Å². The van der Waals surface area contributed by atoms with Crippen molar-refractivity contribution in [2.75, 3.05) is 12.1 Å². The number of rotatable bonds is 5. The van der Waals surface area contributed by atoms with Gasteiger partial charge in [-0.1, -0.05) is 12.1 Å². The molecular weight excluding hydrogens is 349 g/mol. The van der Waals surface area contributed by atoms with Gasteiger partial charge >= 0.3 is 0 Å². The third kappa shape index (κ3) is 3.98. The molecule has 2 N–H and O–H groups in total. The molecule has 0 unspecified atom stereocenters. The number of ether oxygens (including phenoxy) is 2. The Morgan fingerprint density at radius 2 is 1.78 bits per heavy atom. The number of anilines is 2. The molecule has 0 aliphatic carbocycles. The molecule has 1 amide bonds. The van der Waals surface area contributed by atoms with Crippen LogP contribution in [0.3, 0.4) is 0 Å². The van der Waals surface area contributed by atoms with Crippen molar-refractivity contribution in [2.24, 2.45) is 0 Å². The Bertz CT molecular complexity index is 959. The molecule has 0 saturated carbocycles. The molecule has 4 rings (SSSR count). The zero-order valence-electron chi connectivity index (χ0n) is 14.2. The van der Waals surface area contributed by atoms with Crippen LogP contribution in [-0.2, 0) is 6.54 Å². The molecule has 7 heteroatoms. The normalized spacial score (nSPS) is 11.9. The molecule has 1 aromatic heterocycles. The van der Waals surface area contributed by atoms with Crippen molar-refractivity contribution in [3.63, 3.8) is 0 Å². The number of hydrogen-bond donors (Lipinski definition) is 2. The highest BCUT2D eigenvalue weighted by atomic mass is 19.1. The van der Waals surface area contributed by atoms with Gasteiger partial charge in [0.2, 0.25) is 6.79 Å². The maximum atomic E-state index is 12.9. The molecule has 0 spiro atoms. The molecule has 0 radical (unpaired) electrons. The topological polar surface area (TPSA) is 72.5 Å². The second-order valence-corrected chi connectivity index (χ2v) is 5.93. The van der Waals surface area contributed by atoms with Crippen LogP contribution in [-0.4, -0.2) is 17.7 Å². The maximum Gasteiger partial charge on any atom is 0.270 e. The van der Waals surface area contributed by atoms with E-state index in [1.807, 2.05) is 18.2 Å². The fraction of sp³-hybridized carbons (Fsp3) is 0.100. The second-order valence-electron chi connectivity index (χ2n) is 5.93. The lowest BCUT2D eigenvalue weighted by molar-refractivity contribution is 0.0946. The zero-order chi connectivity index (χ0) is 18.6. The van der Waals surface area contributed by atoms with Gasteiger partial charge in [0.25, 0.3) is 5.91 Å². The number of fused-ring (bicyclic) bond motifs is 1. The number of pyridine rings is 1. The summed E-state index contributed by atoms with van der Waals surface area (Å²) in [4.78, 5) is 16.4. The summed E-state index contributed by atoms with van der Waals surface area (Å²) in [5.74, 6) is 0.794. The number of benzene rings is 2. The van der Waals surface area contributed by atoms with E-state index >= 15 is 0 Å². The number of carbonyl (C=O) groups is 1. The van der Waals surface area contributed by atoms with Gasteiger partial charge in [0.05, 0.1) is 11.9 Å². The number of halogens is 1. The Morgan fingerprint density at radius 3 is 2.56 bits per heavy atom. The minimum Gasteiger partial charge on any atom is -0.454 e. The Kier molecular flexibility index (Phi) is 4.57. The number of carbonyl (C=O) groups excluding carboxylic acids is 1. The number of hydrogen-bond acceptors (Lipinski definition) is 5. The van der Waals surface area contributed by atoms with E-state index in [0.717, 1.165) is 16.9 Å². The van der Waals surface area contributed by atoms with Gasteiger partial charge in [-0.25, -0.2) is 9.37 Å². The van der Waals surface area contributed by atoms with Crippen LogP contribution in [0, 0.1) is 5.82 Å². The number of aromatic nitrogens is 1. The molecule has 27 heavy (non-hydrogen) atoms. The van der Waals surface area contributed by atoms with Gasteiger partial charge in [-0.05, 0) is 42.0 Å². The Labute approximate surface area is 155 Å². The van der Waals surface area contributed by atoms with Gasteiger partial charge in [0.1, 0.15) is 11.5 Å². The van der Waals surface area contributed by atoms with Crippen LogP contribution >= 0.6 is 0 Å². The van der Waals surface area contributed by atoms with Gasteiger partial charge in [-0.15, -0.1) is 0 Å². The number of nitrogens with zero attached hydrogens (tertiary/aromatic N) is 1. The van der Waals surface area contributed by atoms with Crippen molar-refractivity contribution in [2.45, 2.75) is 6.54 Å². The van der Waals surface area contributed by atoms with Crippen molar-refractivity contribution < 1.29 is 18.7 Å². The van der Waals surface area contributed by atoms with Gasteiger partial charge in [0.15, 0.2) is 11.5 Å². The number of amides is 1. The Hall–Kier alpha value is -3.61. The molecule has 2 aromatic carbocycles. The third-order valence-electron chi connectivity index (χ3n) is 4.02. The van der Waals surface area contributed by atoms with Crippen LogP contribution in [0.1, 0.15) is 16.1 Å². The van der Waals surface area contributed by atoms with E-state index in [1.54, 1.807) is 30.5 Å². The maximum absolute atomic E-state index is 12.9. The lowest BCUT2D eigenvalue weighted by Crippen LogP contribution is -2.23. The van der Waals surface area contributed by atoms with E-state index in [0.29, 0.717) is 23.7 Å². The largest absolute Gasteiger partial charge is 0.454 e. The minimum absolute atomic E-state index is 0.224. The molecule has 0 saturated heterocycles. The summed E-state index contributed by atoms with van der Waals surface area (Å²) >= 11 is 0. The summed E-state index contributed by atoms with van der Waals surface area (Å²) in [5.41, 5.74) is 2.68. The van der Waals surface area contributed by atoms with E-state index in [9.17, 15) is 9.18 Å². The molecule has 6 nitrogen and oxygen atoms in total. The highest BCUT2D eigenvalue weighted by molar-refractivity contribution is 5.92. The molecule has 1 aliphatic rings. The first-order chi connectivity index (χ1) is 13.2. The molecule has 0 bridgehead atoms. The fourth-order valence-corrected chi connectivity index (χ4v) is 2.62. The average Bonchev–Trinajstić information content (AvgIpc) is 3.16. The second kappa shape index (κ2) is 7.33. The van der Waals surface area contributed by atoms with Crippen LogP contribution in [0.2, 0.25) is 0 Å². The van der Waals surface area contributed by atoms with E-state index in [-0.39, 0.29) is 18.5 Å². The van der Waals surface area contributed by atoms with Gasteiger partial charge in [-0.3, -0.25) is 4.79 Å². The summed E-state index contributed by atoms with van der Waals surface area (Å²) in [6, 6.07) is 14.9. The zero-order valence-corrected chi connectivity index (χ0v) is 14.2. The Balaban J connectivity index is 1.36. The van der Waals surface area contributed by atoms with Crippen LogP contribution in [0.4, 0.5) is 15.8 Å². The van der Waals surface area contributed by atoms with Crippen molar-refractivity contribution >= 4 is 17.3 Å². The molecule has 1 aliphatic heterocycles. The first kappa shape index (κ1) is 16.8. The summed E-state index contributed by atoms with van der Waals surface area (Å²) in [7, 11) is 0. The van der Waals surface area contributed by atoms with E-state index < -0.39 is 0 Å². The van der Waals surface area contributed by atoms with Gasteiger partial charge < -0.3 is 20.1 Å². The van der Waals surface area contributed by atoms with Gasteiger partial charge in [0, 0.05) is 18.3 Å². The van der Waals surface area contributed by atoms with Crippen LogP contribution in [0.5, 0.6) is 11.5 Å². The summed E-state index contributed by atoms with van der Waals surface area (Å²) in [5, 5.41) is 5.96. The highest BCUT2D eigenvalue weighted by Gasteiger charge is 2.13. The standard InChI is InChI=1S/C20H16FN3O3/c21-14-3-1-13(2-4-14)10-23-20(25)17-7-5-16(11-22-17)24-15-6-8-18-19(9-15)27-12-26-18/h1-9,11,24H,10,12H2,(H,23,25). The lowest BCUT2D eigenvalue weighted by atomic mass is 10.2. The average molecular weight is 365 g/mol. The summed E-state index contributed by atoms with van der Waals surface area (Å²) < 4.78 is 23.5. The predicted octanol–water partition coefficient (Wildman–Crippen LogP) is 3.62. The van der Waals surface area contributed by atoms with Crippen LogP contribution < -0.4 is 20.1 Å². The molecule has 3 aromatic rings. The minimum atomic E-state index is -0.308. The quantitative estimate of drug-likeness (QED) is 0.722. The first-order valence-electron chi connectivity index (χ1n) is 8.33. The molecular formula is C20H16FN3O3. The van der Waals surface area contributed by atoms with Crippen molar-refractivity contribution in [3.05, 3.63) is 77.9 Å². The van der Waals surface area contributed by atoms with Crippen molar-refractivity contribution in [1.82, 2.24) is 10.3 Å². The Morgan fingerprint density at radius 1 is 1.00 bits per heavy atom.